The maximum atomic E-state index is 12.2. The number of aromatic nitrogens is 2. The van der Waals surface area contributed by atoms with Crippen LogP contribution in [0.4, 0.5) is 0 Å². The first-order valence-corrected chi connectivity index (χ1v) is 8.36. The van der Waals surface area contributed by atoms with Crippen molar-refractivity contribution in [2.24, 2.45) is 0 Å². The second-order valence-electron chi connectivity index (χ2n) is 6.08. The zero-order valence-electron chi connectivity index (χ0n) is 13.4. The van der Waals surface area contributed by atoms with Crippen LogP contribution in [0.3, 0.4) is 0 Å². The molecule has 1 aliphatic rings. The van der Waals surface area contributed by atoms with Gasteiger partial charge in [0.05, 0.1) is 18.8 Å². The Morgan fingerprint density at radius 3 is 2.70 bits per heavy atom. The van der Waals surface area contributed by atoms with Gasteiger partial charge in [-0.15, -0.1) is 0 Å². The van der Waals surface area contributed by atoms with Crippen molar-refractivity contribution in [1.82, 2.24) is 20.2 Å². The van der Waals surface area contributed by atoms with Gasteiger partial charge in [0.2, 0.25) is 5.91 Å². The molecule has 1 unspecified atom stereocenters. The van der Waals surface area contributed by atoms with Crippen LogP contribution in [-0.2, 0) is 11.2 Å². The molecule has 0 saturated carbocycles. The first kappa shape index (κ1) is 15.7. The van der Waals surface area contributed by atoms with Crippen molar-refractivity contribution in [3.63, 3.8) is 0 Å². The molecule has 1 aromatic carbocycles. The molecule has 0 bridgehead atoms. The van der Waals surface area contributed by atoms with Gasteiger partial charge in [0.15, 0.2) is 0 Å². The summed E-state index contributed by atoms with van der Waals surface area (Å²) < 4.78 is 0. The SMILES string of the molecule is O=C(Cc1cnc[nH]1)NCC(c1ccccc1)N1CCCCC1. The molecule has 1 atom stereocenters. The fourth-order valence-corrected chi connectivity index (χ4v) is 3.19. The predicted molar refractivity (Wildman–Crippen MR) is 89.9 cm³/mol. The van der Waals surface area contributed by atoms with Gasteiger partial charge in [-0.2, -0.15) is 0 Å². The zero-order valence-corrected chi connectivity index (χ0v) is 13.4. The van der Waals surface area contributed by atoms with Crippen molar-refractivity contribution >= 4 is 5.91 Å². The third-order valence-corrected chi connectivity index (χ3v) is 4.41. The van der Waals surface area contributed by atoms with Gasteiger partial charge < -0.3 is 10.3 Å². The first-order valence-electron chi connectivity index (χ1n) is 8.36. The van der Waals surface area contributed by atoms with Crippen molar-refractivity contribution in [3.05, 3.63) is 54.1 Å². The Labute approximate surface area is 137 Å². The van der Waals surface area contributed by atoms with Crippen LogP contribution >= 0.6 is 0 Å². The number of amides is 1. The normalized spacial score (nSPS) is 16.9. The number of imidazole rings is 1. The third-order valence-electron chi connectivity index (χ3n) is 4.41. The summed E-state index contributed by atoms with van der Waals surface area (Å²) in [5.41, 5.74) is 2.12. The van der Waals surface area contributed by atoms with E-state index < -0.39 is 0 Å². The van der Waals surface area contributed by atoms with Gasteiger partial charge in [-0.3, -0.25) is 9.69 Å². The van der Waals surface area contributed by atoms with Crippen LogP contribution in [0.2, 0.25) is 0 Å². The molecule has 1 aliphatic heterocycles. The Hall–Kier alpha value is -2.14. The van der Waals surface area contributed by atoms with Crippen LogP contribution in [0.1, 0.15) is 36.6 Å². The number of carbonyl (C=O) groups excluding carboxylic acids is 1. The molecular formula is C18H24N4O. The van der Waals surface area contributed by atoms with Gasteiger partial charge in [0.25, 0.3) is 0 Å². The molecule has 5 heteroatoms. The van der Waals surface area contributed by atoms with E-state index in [1.807, 2.05) is 6.07 Å². The van der Waals surface area contributed by atoms with Gasteiger partial charge in [-0.05, 0) is 31.5 Å². The largest absolute Gasteiger partial charge is 0.354 e. The van der Waals surface area contributed by atoms with E-state index in [9.17, 15) is 4.79 Å². The topological polar surface area (TPSA) is 61.0 Å². The van der Waals surface area contributed by atoms with E-state index in [1.165, 1.54) is 24.8 Å². The number of likely N-dealkylation sites (tertiary alicyclic amines) is 1. The number of carbonyl (C=O) groups is 1. The molecule has 2 heterocycles. The van der Waals surface area contributed by atoms with Crippen LogP contribution in [0, 0.1) is 0 Å². The highest BCUT2D eigenvalue weighted by atomic mass is 16.1. The van der Waals surface area contributed by atoms with E-state index in [0.29, 0.717) is 13.0 Å². The monoisotopic (exact) mass is 312 g/mol. The summed E-state index contributed by atoms with van der Waals surface area (Å²) in [5, 5.41) is 3.09. The minimum atomic E-state index is 0.0344. The number of hydrogen-bond acceptors (Lipinski definition) is 3. The standard InChI is InChI=1S/C18H24N4O/c23-18(11-16-12-19-14-21-16)20-13-17(15-7-3-1-4-8-15)22-9-5-2-6-10-22/h1,3-4,7-8,12,14,17H,2,5-6,9-11,13H2,(H,19,21)(H,20,23). The lowest BCUT2D eigenvalue weighted by Gasteiger charge is -2.35. The molecule has 1 saturated heterocycles. The average molecular weight is 312 g/mol. The highest BCUT2D eigenvalue weighted by Gasteiger charge is 2.22. The Morgan fingerprint density at radius 2 is 2.00 bits per heavy atom. The molecule has 5 nitrogen and oxygen atoms in total. The number of nitrogens with one attached hydrogen (secondary N) is 2. The lowest BCUT2D eigenvalue weighted by molar-refractivity contribution is -0.120. The van der Waals surface area contributed by atoms with E-state index in [1.54, 1.807) is 12.5 Å². The van der Waals surface area contributed by atoms with Gasteiger partial charge in [0.1, 0.15) is 0 Å². The molecule has 3 rings (SSSR count). The Balaban J connectivity index is 1.62. The van der Waals surface area contributed by atoms with Crippen molar-refractivity contribution < 1.29 is 4.79 Å². The molecule has 1 fully saturated rings. The maximum Gasteiger partial charge on any atom is 0.226 e. The summed E-state index contributed by atoms with van der Waals surface area (Å²) in [6.07, 6.45) is 7.44. The molecule has 1 aromatic heterocycles. The van der Waals surface area contributed by atoms with Gasteiger partial charge in [-0.1, -0.05) is 36.8 Å². The number of hydrogen-bond donors (Lipinski definition) is 2. The van der Waals surface area contributed by atoms with Crippen LogP contribution in [-0.4, -0.2) is 40.4 Å². The predicted octanol–water partition coefficient (Wildman–Crippen LogP) is 2.30. The fraction of sp³-hybridized carbons (Fsp3) is 0.444. The second-order valence-corrected chi connectivity index (χ2v) is 6.08. The van der Waals surface area contributed by atoms with Crippen molar-refractivity contribution in [3.8, 4) is 0 Å². The van der Waals surface area contributed by atoms with Crippen LogP contribution < -0.4 is 5.32 Å². The smallest absolute Gasteiger partial charge is 0.226 e. The van der Waals surface area contributed by atoms with Gasteiger partial charge >= 0.3 is 0 Å². The number of benzene rings is 1. The number of H-pyrrole nitrogens is 1. The Bertz CT molecular complexity index is 591. The number of aromatic amines is 1. The maximum absolute atomic E-state index is 12.2. The van der Waals surface area contributed by atoms with E-state index in [4.69, 9.17) is 0 Å². The minimum Gasteiger partial charge on any atom is -0.354 e. The van der Waals surface area contributed by atoms with E-state index in [2.05, 4.69) is 44.5 Å². The molecule has 0 spiro atoms. The quantitative estimate of drug-likeness (QED) is 0.860. The Kier molecular flexibility index (Phi) is 5.42. The number of rotatable bonds is 6. The summed E-state index contributed by atoms with van der Waals surface area (Å²) in [6, 6.07) is 10.7. The third kappa shape index (κ3) is 4.42. The van der Waals surface area contributed by atoms with Crippen molar-refractivity contribution in [1.29, 1.82) is 0 Å². The van der Waals surface area contributed by atoms with E-state index in [0.717, 1.165) is 18.8 Å². The van der Waals surface area contributed by atoms with E-state index >= 15 is 0 Å². The fourth-order valence-electron chi connectivity index (χ4n) is 3.19. The zero-order chi connectivity index (χ0) is 15.9. The van der Waals surface area contributed by atoms with Crippen LogP contribution in [0.25, 0.3) is 0 Å². The second kappa shape index (κ2) is 7.92. The molecule has 23 heavy (non-hydrogen) atoms. The number of nitrogens with zero attached hydrogens (tertiary/aromatic N) is 2. The van der Waals surface area contributed by atoms with Crippen LogP contribution in [0.15, 0.2) is 42.9 Å². The summed E-state index contributed by atoms with van der Waals surface area (Å²) in [7, 11) is 0. The summed E-state index contributed by atoms with van der Waals surface area (Å²) in [6.45, 7) is 2.86. The molecule has 2 N–H and O–H groups in total. The molecule has 122 valence electrons. The van der Waals surface area contributed by atoms with Gasteiger partial charge in [0, 0.05) is 18.4 Å². The summed E-state index contributed by atoms with van der Waals surface area (Å²) >= 11 is 0. The minimum absolute atomic E-state index is 0.0344. The van der Waals surface area contributed by atoms with Crippen LogP contribution in [0.5, 0.6) is 0 Å². The highest BCUT2D eigenvalue weighted by molar-refractivity contribution is 5.78. The van der Waals surface area contributed by atoms with Gasteiger partial charge in [-0.25, -0.2) is 4.98 Å². The summed E-state index contributed by atoms with van der Waals surface area (Å²) in [5.74, 6) is 0.0344. The van der Waals surface area contributed by atoms with E-state index in [-0.39, 0.29) is 11.9 Å². The Morgan fingerprint density at radius 1 is 1.22 bits per heavy atom. The molecule has 1 amide bonds. The molecular weight excluding hydrogens is 288 g/mol. The number of piperidine rings is 1. The van der Waals surface area contributed by atoms with Crippen molar-refractivity contribution in [2.75, 3.05) is 19.6 Å². The van der Waals surface area contributed by atoms with Crippen molar-refractivity contribution in [2.45, 2.75) is 31.7 Å². The highest BCUT2D eigenvalue weighted by Crippen LogP contribution is 2.23. The average Bonchev–Trinajstić information content (AvgIpc) is 3.10. The molecule has 2 aromatic rings. The lowest BCUT2D eigenvalue weighted by atomic mass is 10.0. The molecule has 0 aliphatic carbocycles. The lowest BCUT2D eigenvalue weighted by Crippen LogP contribution is -2.41. The molecule has 0 radical (unpaired) electrons. The first-order chi connectivity index (χ1) is 11.3. The summed E-state index contributed by atoms with van der Waals surface area (Å²) in [4.78, 5) is 21.6.